The number of fused-ring (bicyclic) bond motifs is 1. The first kappa shape index (κ1) is 16.5. The second kappa shape index (κ2) is 7.47. The van der Waals surface area contributed by atoms with Crippen LogP contribution in [0, 0.1) is 0 Å². The van der Waals surface area contributed by atoms with Crippen LogP contribution in [0.2, 0.25) is 5.02 Å². The zero-order chi connectivity index (χ0) is 16.9. The average molecular weight is 339 g/mol. The Balaban J connectivity index is 1.64. The van der Waals surface area contributed by atoms with Crippen LogP contribution in [0.5, 0.6) is 0 Å². The quantitative estimate of drug-likeness (QED) is 0.739. The first-order chi connectivity index (χ1) is 11.6. The first-order valence-electron chi connectivity index (χ1n) is 7.82. The van der Waals surface area contributed by atoms with E-state index < -0.39 is 0 Å². The van der Waals surface area contributed by atoms with E-state index in [-0.39, 0.29) is 5.91 Å². The third kappa shape index (κ3) is 4.13. The van der Waals surface area contributed by atoms with Gasteiger partial charge in [-0.15, -0.1) is 0 Å². The third-order valence-corrected chi connectivity index (χ3v) is 4.05. The number of hydrogen-bond acceptors (Lipinski definition) is 2. The number of hydrogen-bond donors (Lipinski definition) is 1. The van der Waals surface area contributed by atoms with Gasteiger partial charge < -0.3 is 5.32 Å². The summed E-state index contributed by atoms with van der Waals surface area (Å²) >= 11 is 6.00. The van der Waals surface area contributed by atoms with Crippen molar-refractivity contribution >= 4 is 34.0 Å². The predicted molar refractivity (Wildman–Crippen MR) is 100 cm³/mol. The van der Waals surface area contributed by atoms with Gasteiger partial charge in [-0.3, -0.25) is 9.69 Å². The summed E-state index contributed by atoms with van der Waals surface area (Å²) in [6.07, 6.45) is 0. The number of nitrogens with zero attached hydrogens (tertiary/aromatic N) is 1. The van der Waals surface area contributed by atoms with Crippen LogP contribution in [-0.4, -0.2) is 24.4 Å². The van der Waals surface area contributed by atoms with Gasteiger partial charge >= 0.3 is 0 Å². The molecular weight excluding hydrogens is 320 g/mol. The summed E-state index contributed by atoms with van der Waals surface area (Å²) in [5.41, 5.74) is 1.93. The Morgan fingerprint density at radius 3 is 2.62 bits per heavy atom. The van der Waals surface area contributed by atoms with Crippen LogP contribution in [0.4, 0.5) is 5.69 Å². The summed E-state index contributed by atoms with van der Waals surface area (Å²) in [6.45, 7) is 0.985. The van der Waals surface area contributed by atoms with Crippen LogP contribution in [0.25, 0.3) is 10.8 Å². The maximum Gasteiger partial charge on any atom is 0.238 e. The van der Waals surface area contributed by atoms with Gasteiger partial charge in [0.05, 0.1) is 6.54 Å². The Bertz CT molecular complexity index is 858. The minimum Gasteiger partial charge on any atom is -0.324 e. The summed E-state index contributed by atoms with van der Waals surface area (Å²) in [5.74, 6) is -0.0316. The highest BCUT2D eigenvalue weighted by atomic mass is 35.5. The maximum absolute atomic E-state index is 12.3. The van der Waals surface area contributed by atoms with Crippen molar-refractivity contribution in [2.45, 2.75) is 6.54 Å². The molecule has 0 aromatic heterocycles. The molecule has 0 heterocycles. The largest absolute Gasteiger partial charge is 0.324 e. The van der Waals surface area contributed by atoms with E-state index in [9.17, 15) is 4.79 Å². The SMILES string of the molecule is CN(CC(=O)Nc1cccc2ccccc12)Cc1cccc(Cl)c1. The standard InChI is InChI=1S/C20H19ClN2O/c1-23(13-15-6-4-9-17(21)12-15)14-20(24)22-19-11-5-8-16-7-2-3-10-18(16)19/h2-12H,13-14H2,1H3,(H,22,24). The number of amides is 1. The molecule has 122 valence electrons. The van der Waals surface area contributed by atoms with Gasteiger partial charge in [-0.2, -0.15) is 0 Å². The van der Waals surface area contributed by atoms with Crippen LogP contribution in [-0.2, 0) is 11.3 Å². The second-order valence-corrected chi connectivity index (χ2v) is 6.31. The highest BCUT2D eigenvalue weighted by Gasteiger charge is 2.09. The molecule has 4 heteroatoms. The fraction of sp³-hybridized carbons (Fsp3) is 0.150. The van der Waals surface area contributed by atoms with Crippen LogP contribution < -0.4 is 5.32 Å². The number of halogens is 1. The molecular formula is C20H19ClN2O. The van der Waals surface area contributed by atoms with Crippen LogP contribution >= 0.6 is 11.6 Å². The molecule has 1 amide bonds. The lowest BCUT2D eigenvalue weighted by atomic mass is 10.1. The van der Waals surface area contributed by atoms with Gasteiger partial charge in [-0.1, -0.05) is 60.1 Å². The molecule has 0 aliphatic heterocycles. The van der Waals surface area contributed by atoms with Crippen molar-refractivity contribution < 1.29 is 4.79 Å². The number of carbonyl (C=O) groups is 1. The predicted octanol–water partition coefficient (Wildman–Crippen LogP) is 4.56. The van der Waals surface area contributed by atoms with Crippen LogP contribution in [0.1, 0.15) is 5.56 Å². The van der Waals surface area contributed by atoms with Crippen LogP contribution in [0.15, 0.2) is 66.7 Å². The molecule has 0 saturated carbocycles. The maximum atomic E-state index is 12.3. The van der Waals surface area contributed by atoms with Crippen molar-refractivity contribution in [1.29, 1.82) is 0 Å². The molecule has 0 radical (unpaired) electrons. The van der Waals surface area contributed by atoms with E-state index in [0.29, 0.717) is 18.1 Å². The topological polar surface area (TPSA) is 32.3 Å². The van der Waals surface area contributed by atoms with Crippen molar-refractivity contribution in [3.63, 3.8) is 0 Å². The molecule has 0 aliphatic carbocycles. The molecule has 24 heavy (non-hydrogen) atoms. The molecule has 3 aromatic rings. The van der Waals surface area contributed by atoms with E-state index in [4.69, 9.17) is 11.6 Å². The molecule has 3 aromatic carbocycles. The van der Waals surface area contributed by atoms with Gasteiger partial charge in [0.1, 0.15) is 0 Å². The zero-order valence-electron chi connectivity index (χ0n) is 13.5. The second-order valence-electron chi connectivity index (χ2n) is 5.88. The minimum atomic E-state index is -0.0316. The molecule has 0 spiro atoms. The lowest BCUT2D eigenvalue weighted by molar-refractivity contribution is -0.117. The van der Waals surface area contributed by atoms with Gasteiger partial charge in [-0.25, -0.2) is 0 Å². The summed E-state index contributed by atoms with van der Waals surface area (Å²) in [7, 11) is 1.92. The summed E-state index contributed by atoms with van der Waals surface area (Å²) < 4.78 is 0. The Kier molecular flexibility index (Phi) is 5.14. The molecule has 0 atom stereocenters. The highest BCUT2D eigenvalue weighted by Crippen LogP contribution is 2.22. The van der Waals surface area contributed by atoms with E-state index in [0.717, 1.165) is 22.0 Å². The molecule has 0 saturated heterocycles. The average Bonchev–Trinajstić information content (AvgIpc) is 2.55. The minimum absolute atomic E-state index is 0.0316. The normalized spacial score (nSPS) is 11.0. The lowest BCUT2D eigenvalue weighted by Crippen LogP contribution is -2.29. The monoisotopic (exact) mass is 338 g/mol. The highest BCUT2D eigenvalue weighted by molar-refractivity contribution is 6.30. The first-order valence-corrected chi connectivity index (χ1v) is 8.20. The fourth-order valence-electron chi connectivity index (χ4n) is 2.77. The number of nitrogens with one attached hydrogen (secondary N) is 1. The molecule has 3 nitrogen and oxygen atoms in total. The molecule has 0 unspecified atom stereocenters. The van der Waals surface area contributed by atoms with Crippen LogP contribution in [0.3, 0.4) is 0 Å². The van der Waals surface area contributed by atoms with Gasteiger partial charge in [0.25, 0.3) is 0 Å². The number of carbonyl (C=O) groups excluding carboxylic acids is 1. The zero-order valence-corrected chi connectivity index (χ0v) is 14.3. The van der Waals surface area contributed by atoms with Crippen molar-refractivity contribution in [3.05, 3.63) is 77.3 Å². The Labute approximate surface area is 146 Å². The number of anilines is 1. The fourth-order valence-corrected chi connectivity index (χ4v) is 2.99. The Hall–Kier alpha value is -2.36. The van der Waals surface area contributed by atoms with E-state index in [1.54, 1.807) is 0 Å². The van der Waals surface area contributed by atoms with Crippen molar-refractivity contribution in [2.75, 3.05) is 18.9 Å². The number of benzene rings is 3. The molecule has 1 N–H and O–H groups in total. The summed E-state index contributed by atoms with van der Waals surface area (Å²) in [4.78, 5) is 14.3. The van der Waals surface area contributed by atoms with Gasteiger partial charge in [0.2, 0.25) is 5.91 Å². The molecule has 0 bridgehead atoms. The third-order valence-electron chi connectivity index (χ3n) is 3.82. The van der Waals surface area contributed by atoms with E-state index in [2.05, 4.69) is 5.32 Å². The van der Waals surface area contributed by atoms with E-state index >= 15 is 0 Å². The van der Waals surface area contributed by atoms with Crippen molar-refractivity contribution in [3.8, 4) is 0 Å². The summed E-state index contributed by atoms with van der Waals surface area (Å²) in [6, 6.07) is 21.6. The van der Waals surface area contributed by atoms with Gasteiger partial charge in [0.15, 0.2) is 0 Å². The molecule has 0 aliphatic rings. The van der Waals surface area contributed by atoms with E-state index in [1.165, 1.54) is 0 Å². The van der Waals surface area contributed by atoms with E-state index in [1.807, 2.05) is 78.7 Å². The molecule has 3 rings (SSSR count). The van der Waals surface area contributed by atoms with Gasteiger partial charge in [0, 0.05) is 22.6 Å². The Morgan fingerprint density at radius 2 is 1.79 bits per heavy atom. The van der Waals surface area contributed by atoms with Crippen molar-refractivity contribution in [1.82, 2.24) is 4.90 Å². The number of rotatable bonds is 5. The number of likely N-dealkylation sites (N-methyl/N-ethyl adjacent to an activating group) is 1. The molecule has 0 fully saturated rings. The van der Waals surface area contributed by atoms with Crippen molar-refractivity contribution in [2.24, 2.45) is 0 Å². The lowest BCUT2D eigenvalue weighted by Gasteiger charge is -2.17. The van der Waals surface area contributed by atoms with Gasteiger partial charge in [-0.05, 0) is 36.2 Å². The smallest absolute Gasteiger partial charge is 0.238 e. The summed E-state index contributed by atoms with van der Waals surface area (Å²) in [5, 5.41) is 5.88. The Morgan fingerprint density at radius 1 is 1.04 bits per heavy atom.